The van der Waals surface area contributed by atoms with Gasteiger partial charge in [0, 0.05) is 23.7 Å². The number of amides is 1. The molecule has 3 rings (SSSR count). The molecule has 7 heteroatoms. The summed E-state index contributed by atoms with van der Waals surface area (Å²) in [6.07, 6.45) is -0.0406. The fourth-order valence-electron chi connectivity index (χ4n) is 2.28. The lowest BCUT2D eigenvalue weighted by Gasteiger charge is -2.37. The molecule has 0 radical (unpaired) electrons. The third kappa shape index (κ3) is 2.76. The van der Waals surface area contributed by atoms with Crippen LogP contribution in [0.2, 0.25) is 5.02 Å². The van der Waals surface area contributed by atoms with E-state index in [2.05, 4.69) is 10.1 Å². The Morgan fingerprint density at radius 1 is 1.52 bits per heavy atom. The lowest BCUT2D eigenvalue weighted by Crippen LogP contribution is -2.49. The fraction of sp³-hybridized carbons (Fsp3) is 0.357. The van der Waals surface area contributed by atoms with Gasteiger partial charge in [-0.05, 0) is 19.1 Å². The third-order valence-corrected chi connectivity index (χ3v) is 3.87. The largest absolute Gasteiger partial charge is 0.341 e. The minimum absolute atomic E-state index is 0.0406. The Labute approximate surface area is 125 Å². The number of aryl methyl sites for hydroxylation is 1. The Balaban J connectivity index is 1.61. The van der Waals surface area contributed by atoms with Crippen molar-refractivity contribution in [2.45, 2.75) is 19.3 Å². The number of hydrogen-bond acceptors (Lipinski definition) is 4. The maximum Gasteiger partial charge on any atom is 0.233 e. The van der Waals surface area contributed by atoms with E-state index in [0.29, 0.717) is 24.8 Å². The number of likely N-dealkylation sites (tertiary alicyclic amines) is 1. The fourth-order valence-corrected chi connectivity index (χ4v) is 2.51. The standard InChI is InChI=1S/C14H13ClFN3O2/c1-8-17-14(21-18-8)9-6-19(7-9)13(20)5-10-11(15)3-2-4-12(10)16/h2-4,9H,5-7H2,1H3. The lowest BCUT2D eigenvalue weighted by atomic mass is 9.98. The van der Waals surface area contributed by atoms with Crippen LogP contribution in [0.3, 0.4) is 0 Å². The Morgan fingerprint density at radius 2 is 2.29 bits per heavy atom. The first-order chi connectivity index (χ1) is 10.0. The van der Waals surface area contributed by atoms with Crippen molar-refractivity contribution in [1.29, 1.82) is 0 Å². The molecule has 1 fully saturated rings. The number of nitrogens with zero attached hydrogens (tertiary/aromatic N) is 3. The second-order valence-electron chi connectivity index (χ2n) is 5.05. The van der Waals surface area contributed by atoms with Gasteiger partial charge in [-0.1, -0.05) is 22.8 Å². The van der Waals surface area contributed by atoms with Crippen molar-refractivity contribution in [3.63, 3.8) is 0 Å². The Kier molecular flexibility index (Phi) is 3.63. The second kappa shape index (κ2) is 5.44. The molecule has 2 heterocycles. The molecule has 2 aromatic rings. The first kappa shape index (κ1) is 14.0. The van der Waals surface area contributed by atoms with Gasteiger partial charge in [-0.2, -0.15) is 4.98 Å². The molecule has 0 atom stereocenters. The normalized spacial score (nSPS) is 15.1. The molecule has 0 bridgehead atoms. The van der Waals surface area contributed by atoms with Gasteiger partial charge in [0.25, 0.3) is 0 Å². The number of carbonyl (C=O) groups is 1. The summed E-state index contributed by atoms with van der Waals surface area (Å²) in [5.74, 6) is 0.564. The average Bonchev–Trinajstić information content (AvgIpc) is 2.79. The van der Waals surface area contributed by atoms with Gasteiger partial charge >= 0.3 is 0 Å². The molecule has 0 spiro atoms. The molecule has 1 amide bonds. The van der Waals surface area contributed by atoms with Crippen LogP contribution < -0.4 is 0 Å². The van der Waals surface area contributed by atoms with Gasteiger partial charge in [0.15, 0.2) is 5.82 Å². The molecule has 0 aliphatic carbocycles. The molecule has 1 saturated heterocycles. The van der Waals surface area contributed by atoms with Crippen molar-refractivity contribution in [2.75, 3.05) is 13.1 Å². The van der Waals surface area contributed by atoms with E-state index in [1.54, 1.807) is 17.9 Å². The highest BCUT2D eigenvalue weighted by Crippen LogP contribution is 2.27. The molecule has 5 nitrogen and oxygen atoms in total. The molecule has 0 N–H and O–H groups in total. The van der Waals surface area contributed by atoms with Gasteiger partial charge in [-0.25, -0.2) is 4.39 Å². The second-order valence-corrected chi connectivity index (χ2v) is 5.46. The molecule has 110 valence electrons. The number of hydrogen-bond donors (Lipinski definition) is 0. The van der Waals surface area contributed by atoms with Crippen molar-refractivity contribution in [3.05, 3.63) is 46.3 Å². The third-order valence-electron chi connectivity index (χ3n) is 3.52. The Morgan fingerprint density at radius 3 is 2.90 bits per heavy atom. The van der Waals surface area contributed by atoms with Crippen LogP contribution in [0.25, 0.3) is 0 Å². The zero-order valence-corrected chi connectivity index (χ0v) is 12.1. The molecular formula is C14H13ClFN3O2. The van der Waals surface area contributed by atoms with E-state index in [0.717, 1.165) is 0 Å². The number of aromatic nitrogens is 2. The van der Waals surface area contributed by atoms with Crippen molar-refractivity contribution >= 4 is 17.5 Å². The number of halogens is 2. The smallest absolute Gasteiger partial charge is 0.233 e. The van der Waals surface area contributed by atoms with Crippen LogP contribution in [0.5, 0.6) is 0 Å². The van der Waals surface area contributed by atoms with Crippen LogP contribution in [-0.4, -0.2) is 34.0 Å². The number of carbonyl (C=O) groups excluding carboxylic acids is 1. The maximum atomic E-state index is 13.7. The lowest BCUT2D eigenvalue weighted by molar-refractivity contribution is -0.135. The molecule has 1 aromatic heterocycles. The molecule has 0 unspecified atom stereocenters. The van der Waals surface area contributed by atoms with Gasteiger partial charge < -0.3 is 9.42 Å². The quantitative estimate of drug-likeness (QED) is 0.873. The molecule has 1 aromatic carbocycles. The van der Waals surface area contributed by atoms with Crippen LogP contribution in [0, 0.1) is 12.7 Å². The molecular weight excluding hydrogens is 297 g/mol. The molecule has 0 saturated carbocycles. The first-order valence-electron chi connectivity index (χ1n) is 6.55. The SMILES string of the molecule is Cc1noc(C2CN(C(=O)Cc3c(F)cccc3Cl)C2)n1. The highest BCUT2D eigenvalue weighted by atomic mass is 35.5. The summed E-state index contributed by atoms with van der Waals surface area (Å²) in [7, 11) is 0. The maximum absolute atomic E-state index is 13.7. The van der Waals surface area contributed by atoms with E-state index in [4.69, 9.17) is 16.1 Å². The van der Waals surface area contributed by atoms with Crippen molar-refractivity contribution in [3.8, 4) is 0 Å². The summed E-state index contributed by atoms with van der Waals surface area (Å²) in [6.45, 7) is 2.76. The highest BCUT2D eigenvalue weighted by Gasteiger charge is 2.35. The summed E-state index contributed by atoms with van der Waals surface area (Å²) in [6, 6.07) is 4.39. The van der Waals surface area contributed by atoms with E-state index in [1.165, 1.54) is 12.1 Å². The highest BCUT2D eigenvalue weighted by molar-refractivity contribution is 6.31. The summed E-state index contributed by atoms with van der Waals surface area (Å²) in [4.78, 5) is 17.9. The van der Waals surface area contributed by atoms with E-state index in [1.807, 2.05) is 0 Å². The minimum atomic E-state index is -0.458. The van der Waals surface area contributed by atoms with Gasteiger partial charge in [0.05, 0.1) is 12.3 Å². The van der Waals surface area contributed by atoms with Crippen LogP contribution in [0.4, 0.5) is 4.39 Å². The van der Waals surface area contributed by atoms with Gasteiger partial charge in [0.1, 0.15) is 5.82 Å². The Hall–Kier alpha value is -1.95. The summed E-state index contributed by atoms with van der Waals surface area (Å²) >= 11 is 5.92. The predicted octanol–water partition coefficient (Wildman–Crippen LogP) is 2.34. The molecule has 1 aliphatic heterocycles. The number of rotatable bonds is 3. The van der Waals surface area contributed by atoms with Gasteiger partial charge in [-0.3, -0.25) is 4.79 Å². The summed E-state index contributed by atoms with van der Waals surface area (Å²) in [5.41, 5.74) is 0.237. The zero-order chi connectivity index (χ0) is 15.0. The van der Waals surface area contributed by atoms with Crippen LogP contribution in [-0.2, 0) is 11.2 Å². The van der Waals surface area contributed by atoms with E-state index in [-0.39, 0.29) is 28.8 Å². The first-order valence-corrected chi connectivity index (χ1v) is 6.93. The molecule has 1 aliphatic rings. The average molecular weight is 310 g/mol. The minimum Gasteiger partial charge on any atom is -0.341 e. The van der Waals surface area contributed by atoms with Crippen LogP contribution in [0.15, 0.2) is 22.7 Å². The topological polar surface area (TPSA) is 59.2 Å². The van der Waals surface area contributed by atoms with Crippen molar-refractivity contribution in [2.24, 2.45) is 0 Å². The number of benzene rings is 1. The van der Waals surface area contributed by atoms with Crippen LogP contribution >= 0.6 is 11.6 Å². The van der Waals surface area contributed by atoms with E-state index < -0.39 is 5.82 Å². The van der Waals surface area contributed by atoms with Crippen molar-refractivity contribution in [1.82, 2.24) is 15.0 Å². The summed E-state index contributed by atoms with van der Waals surface area (Å²) < 4.78 is 18.7. The van der Waals surface area contributed by atoms with E-state index >= 15 is 0 Å². The predicted molar refractivity (Wildman–Crippen MR) is 73.5 cm³/mol. The van der Waals surface area contributed by atoms with E-state index in [9.17, 15) is 9.18 Å². The zero-order valence-electron chi connectivity index (χ0n) is 11.3. The van der Waals surface area contributed by atoms with Gasteiger partial charge in [-0.15, -0.1) is 0 Å². The van der Waals surface area contributed by atoms with Crippen molar-refractivity contribution < 1.29 is 13.7 Å². The monoisotopic (exact) mass is 309 g/mol. The van der Waals surface area contributed by atoms with Gasteiger partial charge in [0.2, 0.25) is 11.8 Å². The summed E-state index contributed by atoms with van der Waals surface area (Å²) in [5, 5.41) is 4.00. The molecule has 21 heavy (non-hydrogen) atoms. The van der Waals surface area contributed by atoms with Crippen LogP contribution in [0.1, 0.15) is 23.2 Å². The Bertz CT molecular complexity index is 662.